The summed E-state index contributed by atoms with van der Waals surface area (Å²) in [5, 5.41) is 12.3. The monoisotopic (exact) mass is 368 g/mol. The minimum atomic E-state index is -4.62. The third-order valence-electron chi connectivity index (χ3n) is 4.34. The maximum atomic E-state index is 14.6. The van der Waals surface area contributed by atoms with E-state index in [0.29, 0.717) is 32.2 Å². The second-order valence-electron chi connectivity index (χ2n) is 6.69. The molecule has 1 aromatic carbocycles. The maximum Gasteiger partial charge on any atom is 0.416 e. The normalized spacial score (nSPS) is 18.7. The van der Waals surface area contributed by atoms with Crippen LogP contribution in [0.15, 0.2) is 12.1 Å². The molecule has 1 aromatic rings. The first-order valence-corrected chi connectivity index (χ1v) is 8.07. The highest BCUT2D eigenvalue weighted by Gasteiger charge is 2.40. The minimum Gasteiger partial charge on any atom is -0.396 e. The molecule has 0 saturated carbocycles. The van der Waals surface area contributed by atoms with Gasteiger partial charge in [-0.25, -0.2) is 4.39 Å². The molecule has 1 aliphatic heterocycles. The fourth-order valence-electron chi connectivity index (χ4n) is 3.11. The number of nitrogens with zero attached hydrogens (tertiary/aromatic N) is 1. The molecular weight excluding hydrogens is 348 g/mol. The summed E-state index contributed by atoms with van der Waals surface area (Å²) in [7, 11) is 0. The van der Waals surface area contributed by atoms with Crippen molar-refractivity contribution in [3.05, 3.63) is 34.1 Å². The molecular formula is C16H21ClF4N2O. The van der Waals surface area contributed by atoms with E-state index in [4.69, 9.17) is 11.6 Å². The molecule has 24 heavy (non-hydrogen) atoms. The summed E-state index contributed by atoms with van der Waals surface area (Å²) in [4.78, 5) is 1.89. The molecule has 1 saturated heterocycles. The van der Waals surface area contributed by atoms with Crippen LogP contribution in [0.4, 0.5) is 17.6 Å². The minimum absolute atomic E-state index is 0.129. The average molecular weight is 369 g/mol. The van der Waals surface area contributed by atoms with Crippen LogP contribution in [0.25, 0.3) is 0 Å². The van der Waals surface area contributed by atoms with Gasteiger partial charge in [0, 0.05) is 49.8 Å². The van der Waals surface area contributed by atoms with Gasteiger partial charge in [0.15, 0.2) is 0 Å². The van der Waals surface area contributed by atoms with E-state index in [1.807, 2.05) is 4.90 Å². The van der Waals surface area contributed by atoms with E-state index < -0.39 is 34.0 Å². The van der Waals surface area contributed by atoms with Crippen molar-refractivity contribution in [2.45, 2.75) is 26.1 Å². The predicted octanol–water partition coefficient (Wildman–Crippen LogP) is 3.46. The quantitative estimate of drug-likeness (QED) is 0.799. The fraction of sp³-hybridized carbons (Fsp3) is 0.625. The molecule has 136 valence electrons. The fourth-order valence-corrected chi connectivity index (χ4v) is 3.34. The third kappa shape index (κ3) is 4.02. The highest BCUT2D eigenvalue weighted by molar-refractivity contribution is 6.30. The highest BCUT2D eigenvalue weighted by Crippen LogP contribution is 2.43. The molecule has 0 bridgehead atoms. The molecule has 1 fully saturated rings. The van der Waals surface area contributed by atoms with Crippen molar-refractivity contribution in [3.8, 4) is 0 Å². The number of piperazine rings is 1. The second-order valence-corrected chi connectivity index (χ2v) is 7.10. The third-order valence-corrected chi connectivity index (χ3v) is 4.62. The number of aliphatic hydroxyl groups is 1. The van der Waals surface area contributed by atoms with Crippen molar-refractivity contribution in [1.29, 1.82) is 0 Å². The molecule has 2 rings (SSSR count). The maximum absolute atomic E-state index is 14.6. The number of alkyl halides is 3. The lowest BCUT2D eigenvalue weighted by atomic mass is 9.79. The standard InChI is InChI=1S/C16H21ClF4N2O/c1-15(2,9-24)14(23-5-3-22-4-6-23)11-7-10(16(19,20)21)8-12(17)13(11)18/h7-8,14,22,24H,3-6,9H2,1-2H3/t14-/m1/s1. The van der Waals surface area contributed by atoms with Gasteiger partial charge in [-0.3, -0.25) is 4.90 Å². The Labute approximate surface area is 143 Å². The molecule has 1 aliphatic rings. The van der Waals surface area contributed by atoms with E-state index in [9.17, 15) is 22.7 Å². The Balaban J connectivity index is 2.58. The number of hydrogen-bond acceptors (Lipinski definition) is 3. The van der Waals surface area contributed by atoms with E-state index in [1.54, 1.807) is 13.8 Å². The lowest BCUT2D eigenvalue weighted by Crippen LogP contribution is -2.49. The van der Waals surface area contributed by atoms with Crippen molar-refractivity contribution in [2.75, 3.05) is 32.8 Å². The van der Waals surface area contributed by atoms with Crippen LogP contribution in [-0.2, 0) is 6.18 Å². The number of hydrogen-bond donors (Lipinski definition) is 2. The number of aliphatic hydroxyl groups excluding tert-OH is 1. The molecule has 0 amide bonds. The van der Waals surface area contributed by atoms with Crippen molar-refractivity contribution in [3.63, 3.8) is 0 Å². The number of benzene rings is 1. The van der Waals surface area contributed by atoms with E-state index in [-0.39, 0.29) is 12.2 Å². The Morgan fingerprint density at radius 3 is 2.33 bits per heavy atom. The van der Waals surface area contributed by atoms with Crippen LogP contribution < -0.4 is 5.32 Å². The van der Waals surface area contributed by atoms with Gasteiger partial charge in [0.25, 0.3) is 0 Å². The molecule has 0 radical (unpaired) electrons. The second kappa shape index (κ2) is 7.15. The van der Waals surface area contributed by atoms with Gasteiger partial charge in [-0.05, 0) is 12.1 Å². The Morgan fingerprint density at radius 2 is 1.83 bits per heavy atom. The predicted molar refractivity (Wildman–Crippen MR) is 84.5 cm³/mol. The first kappa shape index (κ1) is 19.4. The molecule has 8 heteroatoms. The summed E-state index contributed by atoms with van der Waals surface area (Å²) < 4.78 is 53.9. The summed E-state index contributed by atoms with van der Waals surface area (Å²) in [6.07, 6.45) is -4.62. The van der Waals surface area contributed by atoms with Crippen LogP contribution in [0.5, 0.6) is 0 Å². The van der Waals surface area contributed by atoms with Gasteiger partial charge in [0.2, 0.25) is 0 Å². The van der Waals surface area contributed by atoms with Crippen molar-refractivity contribution in [1.82, 2.24) is 10.2 Å². The first-order chi connectivity index (χ1) is 11.1. The van der Waals surface area contributed by atoms with E-state index >= 15 is 0 Å². The number of rotatable bonds is 4. The molecule has 1 atom stereocenters. The summed E-state index contributed by atoms with van der Waals surface area (Å²) in [5.41, 5.74) is -1.96. The molecule has 3 nitrogen and oxygen atoms in total. The Hall–Kier alpha value is -0.890. The summed E-state index contributed by atoms with van der Waals surface area (Å²) in [6.45, 7) is 5.48. The Bertz CT molecular complexity index is 586. The average Bonchev–Trinajstić information content (AvgIpc) is 2.51. The lowest BCUT2D eigenvalue weighted by molar-refractivity contribution is -0.137. The van der Waals surface area contributed by atoms with Crippen LogP contribution in [0.2, 0.25) is 5.02 Å². The summed E-state index contributed by atoms with van der Waals surface area (Å²) in [5.74, 6) is -0.866. The smallest absolute Gasteiger partial charge is 0.396 e. The largest absolute Gasteiger partial charge is 0.416 e. The topological polar surface area (TPSA) is 35.5 Å². The molecule has 0 aliphatic carbocycles. The lowest BCUT2D eigenvalue weighted by Gasteiger charge is -2.43. The zero-order valence-corrected chi connectivity index (χ0v) is 14.3. The molecule has 1 heterocycles. The molecule has 0 spiro atoms. The van der Waals surface area contributed by atoms with Crippen LogP contribution in [-0.4, -0.2) is 42.8 Å². The molecule has 0 aromatic heterocycles. The van der Waals surface area contributed by atoms with E-state index in [2.05, 4.69) is 5.32 Å². The van der Waals surface area contributed by atoms with Crippen LogP contribution >= 0.6 is 11.6 Å². The Kier molecular flexibility index (Phi) is 5.79. The number of halogens is 5. The Morgan fingerprint density at radius 1 is 1.25 bits per heavy atom. The van der Waals surface area contributed by atoms with Gasteiger partial charge in [-0.2, -0.15) is 13.2 Å². The van der Waals surface area contributed by atoms with Gasteiger partial charge >= 0.3 is 6.18 Å². The van der Waals surface area contributed by atoms with Crippen LogP contribution in [0.3, 0.4) is 0 Å². The zero-order valence-electron chi connectivity index (χ0n) is 13.6. The van der Waals surface area contributed by atoms with Crippen LogP contribution in [0.1, 0.15) is 31.0 Å². The van der Waals surface area contributed by atoms with Crippen molar-refractivity contribution in [2.24, 2.45) is 5.41 Å². The van der Waals surface area contributed by atoms with Gasteiger partial charge < -0.3 is 10.4 Å². The summed E-state index contributed by atoms with van der Waals surface area (Å²) >= 11 is 5.73. The highest BCUT2D eigenvalue weighted by atomic mass is 35.5. The van der Waals surface area contributed by atoms with Crippen molar-refractivity contribution < 1.29 is 22.7 Å². The summed E-state index contributed by atoms with van der Waals surface area (Å²) in [6, 6.07) is 0.691. The molecule has 0 unspecified atom stereocenters. The van der Waals surface area contributed by atoms with E-state index in [0.717, 1.165) is 6.07 Å². The SMILES string of the molecule is CC(C)(CO)[C@@H](c1cc(C(F)(F)F)cc(Cl)c1F)N1CCNCC1. The van der Waals surface area contributed by atoms with E-state index in [1.165, 1.54) is 0 Å². The number of nitrogens with one attached hydrogen (secondary N) is 1. The van der Waals surface area contributed by atoms with Gasteiger partial charge in [-0.15, -0.1) is 0 Å². The molecule has 2 N–H and O–H groups in total. The van der Waals surface area contributed by atoms with Gasteiger partial charge in [0.05, 0.1) is 10.6 Å². The van der Waals surface area contributed by atoms with Gasteiger partial charge in [-0.1, -0.05) is 25.4 Å². The van der Waals surface area contributed by atoms with Gasteiger partial charge in [0.1, 0.15) is 5.82 Å². The van der Waals surface area contributed by atoms with Crippen LogP contribution in [0, 0.1) is 11.2 Å². The first-order valence-electron chi connectivity index (χ1n) is 7.69. The zero-order chi connectivity index (χ0) is 18.1. The van der Waals surface area contributed by atoms with Crippen molar-refractivity contribution >= 4 is 11.6 Å².